The number of thioether (sulfide) groups is 1. The molecule has 1 rings (SSSR count). The average Bonchev–Trinajstić information content (AvgIpc) is 2.28. The van der Waals surface area contributed by atoms with Crippen LogP contribution in [0.15, 0.2) is 0 Å². The topological polar surface area (TPSA) is 12.0 Å². The van der Waals surface area contributed by atoms with Gasteiger partial charge in [-0.05, 0) is 43.0 Å². The molecule has 5 heteroatoms. The molecule has 0 aliphatic heterocycles. The Morgan fingerprint density at radius 1 is 1.12 bits per heavy atom. The molecule has 102 valence electrons. The summed E-state index contributed by atoms with van der Waals surface area (Å²) in [5.74, 6) is 1.68. The van der Waals surface area contributed by atoms with Gasteiger partial charge in [0, 0.05) is 12.3 Å². The van der Waals surface area contributed by atoms with Crippen LogP contribution in [0.1, 0.15) is 39.0 Å². The molecule has 1 fully saturated rings. The van der Waals surface area contributed by atoms with E-state index >= 15 is 0 Å². The van der Waals surface area contributed by atoms with Gasteiger partial charge in [-0.1, -0.05) is 26.2 Å². The molecular formula is C12H22F3NS. The molecule has 0 heterocycles. The van der Waals surface area contributed by atoms with Crippen LogP contribution in [0.5, 0.6) is 0 Å². The maximum Gasteiger partial charge on any atom is 0.441 e. The summed E-state index contributed by atoms with van der Waals surface area (Å²) in [6.45, 7) is 3.57. The number of nitrogens with one attached hydrogen (secondary N) is 1. The van der Waals surface area contributed by atoms with E-state index in [-0.39, 0.29) is 17.5 Å². The van der Waals surface area contributed by atoms with Gasteiger partial charge in [-0.3, -0.25) is 0 Å². The molecule has 1 saturated carbocycles. The fourth-order valence-corrected chi connectivity index (χ4v) is 2.87. The summed E-state index contributed by atoms with van der Waals surface area (Å²) in [7, 11) is 0. The largest absolute Gasteiger partial charge is 0.441 e. The van der Waals surface area contributed by atoms with Gasteiger partial charge >= 0.3 is 5.51 Å². The summed E-state index contributed by atoms with van der Waals surface area (Å²) in [5.41, 5.74) is -4.08. The first-order valence-corrected chi connectivity index (χ1v) is 7.41. The Labute approximate surface area is 106 Å². The standard InChI is InChI=1S/C12H22F3NS/c1-2-10-3-5-11(6-4-10)9-16-7-8-17-12(13,14)15/h10-11,16H,2-9H2,1H3. The zero-order chi connectivity index (χ0) is 12.7. The summed E-state index contributed by atoms with van der Waals surface area (Å²) >= 11 is 0.0617. The molecule has 1 N–H and O–H groups in total. The third kappa shape index (κ3) is 7.19. The molecule has 0 bridgehead atoms. The number of alkyl halides is 3. The van der Waals surface area contributed by atoms with E-state index in [0.29, 0.717) is 12.5 Å². The van der Waals surface area contributed by atoms with E-state index in [1.807, 2.05) is 0 Å². The fourth-order valence-electron chi connectivity index (χ4n) is 2.39. The molecule has 0 aromatic carbocycles. The van der Waals surface area contributed by atoms with E-state index in [9.17, 15) is 13.2 Å². The van der Waals surface area contributed by atoms with Crippen LogP contribution in [-0.4, -0.2) is 24.4 Å². The highest BCUT2D eigenvalue weighted by atomic mass is 32.2. The van der Waals surface area contributed by atoms with Gasteiger partial charge in [0.05, 0.1) is 0 Å². The first-order valence-electron chi connectivity index (χ1n) is 6.42. The van der Waals surface area contributed by atoms with Gasteiger partial charge in [0.1, 0.15) is 0 Å². The Kier molecular flexibility index (Phi) is 6.70. The van der Waals surface area contributed by atoms with E-state index in [2.05, 4.69) is 12.2 Å². The molecule has 0 atom stereocenters. The van der Waals surface area contributed by atoms with Crippen LogP contribution >= 0.6 is 11.8 Å². The second kappa shape index (κ2) is 7.52. The lowest BCUT2D eigenvalue weighted by Gasteiger charge is -2.27. The Balaban J connectivity index is 1.97. The molecule has 0 radical (unpaired) electrons. The Bertz CT molecular complexity index is 200. The molecule has 0 aromatic rings. The van der Waals surface area contributed by atoms with Crippen LogP contribution in [0.25, 0.3) is 0 Å². The lowest BCUT2D eigenvalue weighted by molar-refractivity contribution is -0.0327. The third-order valence-electron chi connectivity index (χ3n) is 3.52. The van der Waals surface area contributed by atoms with Crippen molar-refractivity contribution in [2.45, 2.75) is 44.5 Å². The lowest BCUT2D eigenvalue weighted by atomic mass is 9.81. The second-order valence-corrected chi connectivity index (χ2v) is 5.95. The highest BCUT2D eigenvalue weighted by Crippen LogP contribution is 2.31. The second-order valence-electron chi connectivity index (χ2n) is 4.79. The molecule has 0 spiro atoms. The lowest BCUT2D eigenvalue weighted by Crippen LogP contribution is -2.28. The van der Waals surface area contributed by atoms with Gasteiger partial charge in [-0.15, -0.1) is 0 Å². The van der Waals surface area contributed by atoms with E-state index < -0.39 is 5.51 Å². The highest BCUT2D eigenvalue weighted by molar-refractivity contribution is 8.00. The van der Waals surface area contributed by atoms with Crippen LogP contribution in [0.2, 0.25) is 0 Å². The van der Waals surface area contributed by atoms with Crippen molar-refractivity contribution in [3.63, 3.8) is 0 Å². The minimum atomic E-state index is -4.08. The fraction of sp³-hybridized carbons (Fsp3) is 1.00. The smallest absolute Gasteiger partial charge is 0.316 e. The van der Waals surface area contributed by atoms with Gasteiger partial charge in [0.2, 0.25) is 0 Å². The van der Waals surface area contributed by atoms with Gasteiger partial charge in [0.15, 0.2) is 0 Å². The van der Waals surface area contributed by atoms with E-state index in [1.165, 1.54) is 32.1 Å². The van der Waals surface area contributed by atoms with Gasteiger partial charge in [-0.25, -0.2) is 0 Å². The summed E-state index contributed by atoms with van der Waals surface area (Å²) < 4.78 is 35.6. The van der Waals surface area contributed by atoms with Crippen LogP contribution in [0.3, 0.4) is 0 Å². The summed E-state index contributed by atoms with van der Waals surface area (Å²) in [6, 6.07) is 0. The molecule has 0 aromatic heterocycles. The predicted molar refractivity (Wildman–Crippen MR) is 67.1 cm³/mol. The maximum absolute atomic E-state index is 11.9. The first-order chi connectivity index (χ1) is 8.01. The van der Waals surface area contributed by atoms with Crippen molar-refractivity contribution < 1.29 is 13.2 Å². The number of rotatable bonds is 6. The summed E-state index contributed by atoms with van der Waals surface area (Å²) in [5, 5.41) is 3.14. The van der Waals surface area contributed by atoms with Crippen LogP contribution in [0, 0.1) is 11.8 Å². The van der Waals surface area contributed by atoms with Crippen molar-refractivity contribution >= 4 is 11.8 Å². The summed E-state index contributed by atoms with van der Waals surface area (Å²) in [4.78, 5) is 0. The van der Waals surface area contributed by atoms with E-state index in [0.717, 1.165) is 12.5 Å². The third-order valence-corrected chi connectivity index (χ3v) is 4.26. The highest BCUT2D eigenvalue weighted by Gasteiger charge is 2.27. The zero-order valence-electron chi connectivity index (χ0n) is 10.4. The van der Waals surface area contributed by atoms with Crippen molar-refractivity contribution in [3.8, 4) is 0 Å². The Morgan fingerprint density at radius 3 is 2.24 bits per heavy atom. The molecule has 1 aliphatic rings. The monoisotopic (exact) mass is 269 g/mol. The maximum atomic E-state index is 11.9. The molecule has 1 nitrogen and oxygen atoms in total. The van der Waals surface area contributed by atoms with Gasteiger partial charge < -0.3 is 5.32 Å². The number of halogens is 3. The normalized spacial score (nSPS) is 26.1. The number of hydrogen-bond donors (Lipinski definition) is 1. The number of hydrogen-bond acceptors (Lipinski definition) is 2. The minimum absolute atomic E-state index is 0.0617. The van der Waals surface area contributed by atoms with Crippen molar-refractivity contribution in [1.29, 1.82) is 0 Å². The Morgan fingerprint density at radius 2 is 1.71 bits per heavy atom. The minimum Gasteiger partial charge on any atom is -0.316 e. The van der Waals surface area contributed by atoms with E-state index in [4.69, 9.17) is 0 Å². The van der Waals surface area contributed by atoms with Gasteiger partial charge in [0.25, 0.3) is 0 Å². The Hall–Kier alpha value is 0.100. The van der Waals surface area contributed by atoms with Crippen molar-refractivity contribution in [3.05, 3.63) is 0 Å². The van der Waals surface area contributed by atoms with Crippen LogP contribution in [-0.2, 0) is 0 Å². The molecular weight excluding hydrogens is 247 g/mol. The average molecular weight is 269 g/mol. The van der Waals surface area contributed by atoms with Crippen molar-refractivity contribution in [2.75, 3.05) is 18.8 Å². The first kappa shape index (κ1) is 15.2. The summed E-state index contributed by atoms with van der Waals surface area (Å²) in [6.07, 6.45) is 6.32. The van der Waals surface area contributed by atoms with Crippen molar-refractivity contribution in [1.82, 2.24) is 5.32 Å². The molecule has 0 unspecified atom stereocenters. The van der Waals surface area contributed by atoms with Crippen LogP contribution in [0.4, 0.5) is 13.2 Å². The molecule has 0 saturated heterocycles. The van der Waals surface area contributed by atoms with Crippen LogP contribution < -0.4 is 5.32 Å². The molecule has 1 aliphatic carbocycles. The van der Waals surface area contributed by atoms with E-state index in [1.54, 1.807) is 0 Å². The zero-order valence-corrected chi connectivity index (χ0v) is 11.2. The molecule has 17 heavy (non-hydrogen) atoms. The predicted octanol–water partition coefficient (Wildman–Crippen LogP) is 4.05. The molecule has 0 amide bonds. The SMILES string of the molecule is CCC1CCC(CNCCSC(F)(F)F)CC1. The van der Waals surface area contributed by atoms with Gasteiger partial charge in [-0.2, -0.15) is 13.2 Å². The quantitative estimate of drug-likeness (QED) is 0.730. The van der Waals surface area contributed by atoms with Crippen molar-refractivity contribution in [2.24, 2.45) is 11.8 Å².